The van der Waals surface area contributed by atoms with E-state index in [1.807, 2.05) is 30.3 Å². The first-order valence-corrected chi connectivity index (χ1v) is 10.9. The summed E-state index contributed by atoms with van der Waals surface area (Å²) in [4.78, 5) is 39.8. The molecule has 2 saturated heterocycles. The predicted molar refractivity (Wildman–Crippen MR) is 108 cm³/mol. The van der Waals surface area contributed by atoms with E-state index < -0.39 is 12.1 Å². The number of rotatable bonds is 7. The second kappa shape index (κ2) is 9.08. The van der Waals surface area contributed by atoms with Crippen LogP contribution >= 0.6 is 0 Å². The van der Waals surface area contributed by atoms with E-state index in [4.69, 9.17) is 4.74 Å². The largest absolute Gasteiger partial charge is 0.368 e. The average molecular weight is 399 g/mol. The second-order valence-corrected chi connectivity index (χ2v) is 8.57. The highest BCUT2D eigenvalue weighted by atomic mass is 16.5. The molecule has 2 aliphatic heterocycles. The smallest absolute Gasteiger partial charge is 0.245 e. The van der Waals surface area contributed by atoms with Crippen LogP contribution in [-0.2, 0) is 25.5 Å². The highest BCUT2D eigenvalue weighted by Gasteiger charge is 2.48. The first-order chi connectivity index (χ1) is 14.1. The van der Waals surface area contributed by atoms with Crippen LogP contribution in [0.2, 0.25) is 0 Å². The van der Waals surface area contributed by atoms with Gasteiger partial charge in [-0.15, -0.1) is 0 Å². The number of aryl methyl sites for hydroxylation is 1. The van der Waals surface area contributed by atoms with Gasteiger partial charge in [0.2, 0.25) is 11.8 Å². The molecule has 156 valence electrons. The normalized spacial score (nSPS) is 25.2. The minimum Gasteiger partial charge on any atom is -0.368 e. The van der Waals surface area contributed by atoms with Crippen LogP contribution in [0.3, 0.4) is 0 Å². The monoisotopic (exact) mass is 398 g/mol. The number of carbonyl (C=O) groups is 3. The lowest BCUT2D eigenvalue weighted by Crippen LogP contribution is -2.52. The molecule has 1 N–H and O–H groups in total. The Bertz CT molecular complexity index is 745. The molecule has 1 saturated carbocycles. The minimum absolute atomic E-state index is 0.0177. The van der Waals surface area contributed by atoms with Crippen LogP contribution in [0.4, 0.5) is 0 Å². The number of benzene rings is 1. The fourth-order valence-electron chi connectivity index (χ4n) is 5.01. The first kappa shape index (κ1) is 20.1. The van der Waals surface area contributed by atoms with Gasteiger partial charge in [0.15, 0.2) is 5.78 Å². The maximum Gasteiger partial charge on any atom is 0.245 e. The summed E-state index contributed by atoms with van der Waals surface area (Å²) in [7, 11) is 0. The number of fused-ring (bicyclic) bond motifs is 1. The molecule has 0 spiro atoms. The van der Waals surface area contributed by atoms with Crippen LogP contribution < -0.4 is 5.32 Å². The maximum absolute atomic E-state index is 13.3. The Morgan fingerprint density at radius 2 is 1.90 bits per heavy atom. The van der Waals surface area contributed by atoms with E-state index in [0.717, 1.165) is 18.4 Å². The highest BCUT2D eigenvalue weighted by Crippen LogP contribution is 2.31. The van der Waals surface area contributed by atoms with Gasteiger partial charge in [0.25, 0.3) is 0 Å². The topological polar surface area (TPSA) is 75.7 Å². The molecule has 2 amide bonds. The van der Waals surface area contributed by atoms with Crippen LogP contribution in [-0.4, -0.2) is 53.8 Å². The number of likely N-dealkylation sites (tertiary alicyclic amines) is 1. The van der Waals surface area contributed by atoms with E-state index in [1.54, 1.807) is 4.90 Å². The number of ether oxygens (including phenoxy) is 1. The number of hydrogen-bond acceptors (Lipinski definition) is 4. The van der Waals surface area contributed by atoms with E-state index in [9.17, 15) is 14.4 Å². The molecule has 3 aliphatic rings. The fraction of sp³-hybridized carbons (Fsp3) is 0.609. The molecule has 1 aromatic rings. The quantitative estimate of drug-likeness (QED) is 0.764. The molecule has 4 rings (SSSR count). The van der Waals surface area contributed by atoms with E-state index >= 15 is 0 Å². The van der Waals surface area contributed by atoms with Gasteiger partial charge in [-0.25, -0.2) is 0 Å². The Morgan fingerprint density at radius 3 is 2.66 bits per heavy atom. The van der Waals surface area contributed by atoms with Gasteiger partial charge < -0.3 is 15.0 Å². The number of Topliss-reactive ketones (excluding diaryl/α,β-unsaturated/α-hetero) is 1. The zero-order valence-corrected chi connectivity index (χ0v) is 16.8. The molecule has 3 unspecified atom stereocenters. The Labute approximate surface area is 172 Å². The van der Waals surface area contributed by atoms with Crippen LogP contribution in [0.5, 0.6) is 0 Å². The Balaban J connectivity index is 1.40. The van der Waals surface area contributed by atoms with Crippen molar-refractivity contribution < 1.29 is 19.1 Å². The van der Waals surface area contributed by atoms with Crippen molar-refractivity contribution in [3.63, 3.8) is 0 Å². The van der Waals surface area contributed by atoms with Gasteiger partial charge in [-0.3, -0.25) is 14.4 Å². The molecule has 3 atom stereocenters. The number of nitrogens with one attached hydrogen (secondary N) is 1. The molecule has 0 radical (unpaired) electrons. The standard InChI is InChI=1S/C23H30N2O4/c26-19-15-29-20-12-13-25(22(19)20)23(28)18(14-17-8-4-5-9-17)24-21(27)11-10-16-6-2-1-3-7-16/h1-3,6-7,17-18,20,22H,4-5,8-15H2,(H,24,27). The molecular weight excluding hydrogens is 368 g/mol. The van der Waals surface area contributed by atoms with Gasteiger partial charge in [-0.05, 0) is 30.7 Å². The summed E-state index contributed by atoms with van der Waals surface area (Å²) >= 11 is 0. The molecule has 2 heterocycles. The van der Waals surface area contributed by atoms with Crippen molar-refractivity contribution in [3.8, 4) is 0 Å². The summed E-state index contributed by atoms with van der Waals surface area (Å²) in [6.45, 7) is 0.622. The molecule has 0 aromatic heterocycles. The average Bonchev–Trinajstić information content (AvgIpc) is 3.46. The molecule has 6 nitrogen and oxygen atoms in total. The summed E-state index contributed by atoms with van der Waals surface area (Å²) < 4.78 is 5.52. The lowest BCUT2D eigenvalue weighted by molar-refractivity contribution is -0.140. The number of hydrogen-bond donors (Lipinski definition) is 1. The second-order valence-electron chi connectivity index (χ2n) is 8.57. The van der Waals surface area contributed by atoms with Crippen molar-refractivity contribution in [2.24, 2.45) is 5.92 Å². The van der Waals surface area contributed by atoms with Crippen LogP contribution in [0.15, 0.2) is 30.3 Å². The molecule has 3 fully saturated rings. The Hall–Kier alpha value is -2.21. The number of ketones is 1. The molecule has 1 aromatic carbocycles. The van der Waals surface area contributed by atoms with E-state index in [2.05, 4.69) is 5.32 Å². The van der Waals surface area contributed by atoms with E-state index in [-0.39, 0.29) is 30.3 Å². The SMILES string of the molecule is O=C(CCc1ccccc1)NC(CC1CCCC1)C(=O)N1CCC2OCC(=O)C21. The minimum atomic E-state index is -0.548. The Morgan fingerprint density at radius 1 is 1.14 bits per heavy atom. The maximum atomic E-state index is 13.3. The third-order valence-electron chi connectivity index (χ3n) is 6.56. The van der Waals surface area contributed by atoms with Gasteiger partial charge in [-0.1, -0.05) is 56.0 Å². The molecule has 1 aliphatic carbocycles. The first-order valence-electron chi connectivity index (χ1n) is 10.9. The van der Waals surface area contributed by atoms with Crippen molar-refractivity contribution in [3.05, 3.63) is 35.9 Å². The zero-order chi connectivity index (χ0) is 20.2. The van der Waals surface area contributed by atoms with Crippen molar-refractivity contribution in [1.82, 2.24) is 10.2 Å². The van der Waals surface area contributed by atoms with Crippen molar-refractivity contribution in [2.75, 3.05) is 13.2 Å². The molecule has 0 bridgehead atoms. The number of nitrogens with zero attached hydrogens (tertiary/aromatic N) is 1. The predicted octanol–water partition coefficient (Wildman–Crippen LogP) is 2.25. The molecule has 6 heteroatoms. The molecular formula is C23H30N2O4. The molecule has 29 heavy (non-hydrogen) atoms. The summed E-state index contributed by atoms with van der Waals surface area (Å²) in [5, 5.41) is 3.00. The fourth-order valence-corrected chi connectivity index (χ4v) is 5.01. The van der Waals surface area contributed by atoms with Crippen molar-refractivity contribution in [2.45, 2.75) is 69.6 Å². The highest BCUT2D eigenvalue weighted by molar-refractivity contribution is 5.95. The van der Waals surface area contributed by atoms with Crippen molar-refractivity contribution in [1.29, 1.82) is 0 Å². The lowest BCUT2D eigenvalue weighted by atomic mass is 9.96. The van der Waals surface area contributed by atoms with Gasteiger partial charge in [0, 0.05) is 13.0 Å². The third-order valence-corrected chi connectivity index (χ3v) is 6.56. The van der Waals surface area contributed by atoms with Crippen LogP contribution in [0.1, 0.15) is 50.5 Å². The zero-order valence-electron chi connectivity index (χ0n) is 16.8. The van der Waals surface area contributed by atoms with Gasteiger partial charge in [-0.2, -0.15) is 0 Å². The van der Waals surface area contributed by atoms with Crippen molar-refractivity contribution >= 4 is 17.6 Å². The van der Waals surface area contributed by atoms with E-state index in [1.165, 1.54) is 12.8 Å². The van der Waals surface area contributed by atoms with Gasteiger partial charge in [0.05, 0.1) is 6.10 Å². The van der Waals surface area contributed by atoms with Gasteiger partial charge in [0.1, 0.15) is 18.7 Å². The van der Waals surface area contributed by atoms with Crippen LogP contribution in [0.25, 0.3) is 0 Å². The summed E-state index contributed by atoms with van der Waals surface area (Å²) in [5.41, 5.74) is 1.11. The summed E-state index contributed by atoms with van der Waals surface area (Å²) in [5.74, 6) is 0.231. The van der Waals surface area contributed by atoms with Gasteiger partial charge >= 0.3 is 0 Å². The number of amides is 2. The third kappa shape index (κ3) is 4.69. The Kier molecular flexibility index (Phi) is 6.28. The summed E-state index contributed by atoms with van der Waals surface area (Å²) in [6.07, 6.45) is 6.79. The van der Waals surface area contributed by atoms with E-state index in [0.29, 0.717) is 38.1 Å². The lowest BCUT2D eigenvalue weighted by Gasteiger charge is -2.29. The number of carbonyl (C=O) groups excluding carboxylic acids is 3. The van der Waals surface area contributed by atoms with Crippen LogP contribution in [0, 0.1) is 5.92 Å². The summed E-state index contributed by atoms with van der Waals surface area (Å²) in [6, 6.07) is 8.88.